The summed E-state index contributed by atoms with van der Waals surface area (Å²) in [7, 11) is 1.62. The molecule has 5 heteroatoms. The number of carbonyl (C=O) groups excluding carboxylic acids is 1. The lowest BCUT2D eigenvalue weighted by Gasteiger charge is -2.02. The van der Waals surface area contributed by atoms with Gasteiger partial charge in [-0.15, -0.1) is 0 Å². The van der Waals surface area contributed by atoms with Crippen LogP contribution in [-0.4, -0.2) is 52.7 Å². The van der Waals surface area contributed by atoms with Crippen LogP contribution >= 0.6 is 0 Å². The van der Waals surface area contributed by atoms with Crippen LogP contribution in [0.15, 0.2) is 0 Å². The van der Waals surface area contributed by atoms with E-state index < -0.39 is 5.97 Å². The molecule has 0 unspecified atom stereocenters. The van der Waals surface area contributed by atoms with E-state index in [9.17, 15) is 4.79 Å². The van der Waals surface area contributed by atoms with Crippen molar-refractivity contribution >= 4 is 5.97 Å². The normalized spacial score (nSPS) is 8.92. The fourth-order valence-electron chi connectivity index (χ4n) is 1.52. The summed E-state index contributed by atoms with van der Waals surface area (Å²) in [4.78, 5) is 10.9. The Morgan fingerprint density at radius 2 is 1.33 bits per heavy atom. The van der Waals surface area contributed by atoms with E-state index in [4.69, 9.17) is 18.9 Å². The molecular formula is C19H26O5. The third kappa shape index (κ3) is 18.1. The Balaban J connectivity index is 3.24. The van der Waals surface area contributed by atoms with Crippen LogP contribution in [0.1, 0.15) is 32.6 Å². The molecule has 0 spiro atoms. The smallest absolute Gasteiger partial charge is 0.385 e. The molecule has 0 aliphatic carbocycles. The minimum atomic E-state index is -0.557. The molecule has 0 fully saturated rings. The van der Waals surface area contributed by atoms with E-state index in [1.165, 1.54) is 0 Å². The fourth-order valence-corrected chi connectivity index (χ4v) is 1.52. The number of unbranched alkanes of at least 4 members (excludes halogenated alkanes) is 3. The standard InChI is InChI=1S/C19H26O5/c1-3-12-19(20)24-18-11-10-17-23-15-7-5-4-6-14-22-16-9-8-13-21-2/h4-7,13-18H2,1-2H3. The van der Waals surface area contributed by atoms with Crippen molar-refractivity contribution in [1.29, 1.82) is 0 Å². The summed E-state index contributed by atoms with van der Waals surface area (Å²) < 4.78 is 20.3. The number of rotatable bonds is 11. The lowest BCUT2D eigenvalue weighted by atomic mass is 10.2. The van der Waals surface area contributed by atoms with E-state index in [0.29, 0.717) is 26.4 Å². The number of carbonyl (C=O) groups is 1. The van der Waals surface area contributed by atoms with Gasteiger partial charge in [0.1, 0.15) is 19.8 Å². The Morgan fingerprint density at radius 1 is 0.792 bits per heavy atom. The van der Waals surface area contributed by atoms with Crippen LogP contribution in [0, 0.1) is 35.5 Å². The predicted molar refractivity (Wildman–Crippen MR) is 91.9 cm³/mol. The molecule has 0 saturated heterocycles. The Labute approximate surface area is 145 Å². The number of methoxy groups -OCH3 is 1. The lowest BCUT2D eigenvalue weighted by molar-refractivity contribution is -0.135. The molecule has 0 atom stereocenters. The Kier molecular flexibility index (Phi) is 17.5. The van der Waals surface area contributed by atoms with E-state index in [1.54, 1.807) is 14.0 Å². The second-order valence-corrected chi connectivity index (χ2v) is 4.61. The summed E-state index contributed by atoms with van der Waals surface area (Å²) >= 11 is 0. The van der Waals surface area contributed by atoms with Gasteiger partial charge >= 0.3 is 5.97 Å². The van der Waals surface area contributed by atoms with Crippen LogP contribution in [0.4, 0.5) is 0 Å². The largest absolute Gasteiger partial charge is 0.443 e. The molecule has 0 rings (SSSR count). The number of hydrogen-bond donors (Lipinski definition) is 0. The first-order valence-corrected chi connectivity index (χ1v) is 7.96. The minimum Gasteiger partial charge on any atom is -0.443 e. The Morgan fingerprint density at radius 3 is 1.88 bits per heavy atom. The summed E-state index contributed by atoms with van der Waals surface area (Å²) in [5, 5.41) is 0. The van der Waals surface area contributed by atoms with E-state index in [0.717, 1.165) is 32.3 Å². The molecule has 5 nitrogen and oxygen atoms in total. The van der Waals surface area contributed by atoms with Crippen molar-refractivity contribution in [2.75, 3.05) is 46.8 Å². The first-order chi connectivity index (χ1) is 11.8. The van der Waals surface area contributed by atoms with Gasteiger partial charge in [0.15, 0.2) is 6.61 Å². The summed E-state index contributed by atoms with van der Waals surface area (Å²) in [6.45, 7) is 4.30. The minimum absolute atomic E-state index is 0.0483. The van der Waals surface area contributed by atoms with Crippen molar-refractivity contribution in [3.05, 3.63) is 0 Å². The Bertz CT molecular complexity index is 493. The number of hydrogen-bond acceptors (Lipinski definition) is 5. The highest BCUT2D eigenvalue weighted by Crippen LogP contribution is 2.00. The lowest BCUT2D eigenvalue weighted by Crippen LogP contribution is -2.01. The molecule has 0 N–H and O–H groups in total. The molecule has 0 aromatic rings. The molecule has 0 aromatic carbocycles. The third-order valence-corrected chi connectivity index (χ3v) is 2.64. The van der Waals surface area contributed by atoms with Crippen molar-refractivity contribution in [3.8, 4) is 35.5 Å². The van der Waals surface area contributed by atoms with Crippen LogP contribution in [0.3, 0.4) is 0 Å². The molecule has 24 heavy (non-hydrogen) atoms. The van der Waals surface area contributed by atoms with E-state index in [-0.39, 0.29) is 6.61 Å². The van der Waals surface area contributed by atoms with Crippen molar-refractivity contribution in [3.63, 3.8) is 0 Å². The van der Waals surface area contributed by atoms with Crippen LogP contribution in [0.5, 0.6) is 0 Å². The zero-order chi connectivity index (χ0) is 17.7. The molecule has 0 aliphatic rings. The molecule has 0 amide bonds. The maximum Gasteiger partial charge on any atom is 0.385 e. The van der Waals surface area contributed by atoms with Gasteiger partial charge < -0.3 is 18.9 Å². The zero-order valence-corrected chi connectivity index (χ0v) is 14.6. The molecular weight excluding hydrogens is 308 g/mol. The molecule has 0 saturated carbocycles. The SMILES string of the molecule is CC#CC(=O)OCC#CCOCCCCCCOCC#CCOC. The highest BCUT2D eigenvalue weighted by Gasteiger charge is 1.92. The van der Waals surface area contributed by atoms with Gasteiger partial charge in [-0.2, -0.15) is 0 Å². The van der Waals surface area contributed by atoms with Crippen molar-refractivity contribution in [1.82, 2.24) is 0 Å². The topological polar surface area (TPSA) is 54.0 Å². The third-order valence-electron chi connectivity index (χ3n) is 2.64. The first kappa shape index (κ1) is 22.0. The molecule has 0 heterocycles. The van der Waals surface area contributed by atoms with Gasteiger partial charge in [-0.25, -0.2) is 4.79 Å². The van der Waals surface area contributed by atoms with Gasteiger partial charge in [0.2, 0.25) is 0 Å². The van der Waals surface area contributed by atoms with Gasteiger partial charge in [-0.05, 0) is 19.8 Å². The molecule has 132 valence electrons. The fraction of sp³-hybridized carbons (Fsp3) is 0.632. The second kappa shape index (κ2) is 19.1. The average molecular weight is 334 g/mol. The molecule has 0 aromatic heterocycles. The van der Waals surface area contributed by atoms with Crippen molar-refractivity contribution in [2.45, 2.75) is 32.6 Å². The maximum absolute atomic E-state index is 10.9. The highest BCUT2D eigenvalue weighted by atomic mass is 16.5. The monoisotopic (exact) mass is 334 g/mol. The molecule has 0 aliphatic heterocycles. The predicted octanol–water partition coefficient (Wildman–Crippen LogP) is 1.80. The van der Waals surface area contributed by atoms with Crippen LogP contribution in [-0.2, 0) is 23.7 Å². The first-order valence-electron chi connectivity index (χ1n) is 7.96. The summed E-state index contributed by atoms with van der Waals surface area (Å²) in [6, 6.07) is 0. The van der Waals surface area contributed by atoms with Crippen LogP contribution in [0.2, 0.25) is 0 Å². The Hall–Kier alpha value is -1.97. The van der Waals surface area contributed by atoms with Crippen molar-refractivity contribution < 1.29 is 23.7 Å². The van der Waals surface area contributed by atoms with Gasteiger partial charge in [0.25, 0.3) is 0 Å². The van der Waals surface area contributed by atoms with E-state index in [2.05, 4.69) is 35.5 Å². The second-order valence-electron chi connectivity index (χ2n) is 4.61. The van der Waals surface area contributed by atoms with Crippen molar-refractivity contribution in [2.24, 2.45) is 0 Å². The molecule has 0 bridgehead atoms. The summed E-state index contributed by atoms with van der Waals surface area (Å²) in [6.07, 6.45) is 4.22. The maximum atomic E-state index is 10.9. The quantitative estimate of drug-likeness (QED) is 0.250. The van der Waals surface area contributed by atoms with Gasteiger partial charge in [-0.3, -0.25) is 0 Å². The van der Waals surface area contributed by atoms with Crippen LogP contribution in [0.25, 0.3) is 0 Å². The van der Waals surface area contributed by atoms with Crippen LogP contribution < -0.4 is 0 Å². The van der Waals surface area contributed by atoms with E-state index >= 15 is 0 Å². The molecule has 0 radical (unpaired) electrons. The van der Waals surface area contributed by atoms with Gasteiger partial charge in [0.05, 0.1) is 0 Å². The zero-order valence-electron chi connectivity index (χ0n) is 14.6. The number of ether oxygens (including phenoxy) is 4. The highest BCUT2D eigenvalue weighted by molar-refractivity contribution is 5.88. The number of esters is 1. The average Bonchev–Trinajstić information content (AvgIpc) is 2.58. The summed E-state index contributed by atoms with van der Waals surface area (Å²) in [5.41, 5.74) is 0. The van der Waals surface area contributed by atoms with Gasteiger partial charge in [-0.1, -0.05) is 42.4 Å². The summed E-state index contributed by atoms with van der Waals surface area (Å²) in [5.74, 6) is 15.4. The van der Waals surface area contributed by atoms with E-state index in [1.807, 2.05) is 0 Å². The van der Waals surface area contributed by atoms with Gasteiger partial charge in [0, 0.05) is 26.2 Å².